The lowest BCUT2D eigenvalue weighted by atomic mass is 10.0. The van der Waals surface area contributed by atoms with Gasteiger partial charge in [0.1, 0.15) is 0 Å². The molecule has 3 N–H and O–H groups in total. The molecule has 94 valence electrons. The molecule has 3 heteroatoms. The Morgan fingerprint density at radius 1 is 1.17 bits per heavy atom. The third-order valence-electron chi connectivity index (χ3n) is 3.02. The summed E-state index contributed by atoms with van der Waals surface area (Å²) in [5.74, 6) is 0. The van der Waals surface area contributed by atoms with Crippen LogP contribution in [0.3, 0.4) is 0 Å². The molecule has 0 spiro atoms. The molecule has 1 unspecified atom stereocenters. The Balaban J connectivity index is 2.05. The van der Waals surface area contributed by atoms with E-state index in [4.69, 9.17) is 5.73 Å². The van der Waals surface area contributed by atoms with E-state index >= 15 is 0 Å². The van der Waals surface area contributed by atoms with Crippen LogP contribution in [0.1, 0.15) is 29.8 Å². The second-order valence-corrected chi connectivity index (χ2v) is 4.40. The van der Waals surface area contributed by atoms with Gasteiger partial charge in [-0.2, -0.15) is 0 Å². The highest BCUT2D eigenvalue weighted by atomic mass is 16.3. The van der Waals surface area contributed by atoms with E-state index in [9.17, 15) is 5.11 Å². The molecule has 1 aromatic heterocycles. The molecule has 0 saturated carbocycles. The van der Waals surface area contributed by atoms with E-state index in [2.05, 4.69) is 18.0 Å². The van der Waals surface area contributed by atoms with Crippen molar-refractivity contribution in [3.8, 4) is 0 Å². The fraction of sp³-hybridized carbons (Fsp3) is 0.267. The van der Waals surface area contributed by atoms with Gasteiger partial charge in [-0.1, -0.05) is 25.1 Å². The summed E-state index contributed by atoms with van der Waals surface area (Å²) in [4.78, 5) is 4.35. The first-order valence-electron chi connectivity index (χ1n) is 6.16. The summed E-state index contributed by atoms with van der Waals surface area (Å²) in [6.45, 7) is 2.10. The van der Waals surface area contributed by atoms with Gasteiger partial charge in [0, 0.05) is 24.0 Å². The summed E-state index contributed by atoms with van der Waals surface area (Å²) in [5, 5.41) is 10.1. The lowest BCUT2D eigenvalue weighted by Gasteiger charge is -2.11. The number of nitrogen functional groups attached to an aromatic ring is 1. The lowest BCUT2D eigenvalue weighted by molar-refractivity contribution is 0.177. The average molecular weight is 242 g/mol. The quantitative estimate of drug-likeness (QED) is 0.810. The lowest BCUT2D eigenvalue weighted by Crippen LogP contribution is -2.03. The first-order valence-corrected chi connectivity index (χ1v) is 6.16. The monoisotopic (exact) mass is 242 g/mol. The molecule has 0 bridgehead atoms. The highest BCUT2D eigenvalue weighted by Gasteiger charge is 2.09. The molecule has 2 rings (SSSR count). The van der Waals surface area contributed by atoms with Crippen molar-refractivity contribution in [3.05, 3.63) is 59.4 Å². The Bertz CT molecular complexity index is 491. The summed E-state index contributed by atoms with van der Waals surface area (Å²) in [5.41, 5.74) is 9.30. The van der Waals surface area contributed by atoms with E-state index in [1.54, 1.807) is 12.1 Å². The van der Waals surface area contributed by atoms with Crippen LogP contribution in [0.2, 0.25) is 0 Å². The van der Waals surface area contributed by atoms with Crippen LogP contribution in [0.4, 0.5) is 5.69 Å². The van der Waals surface area contributed by atoms with Crippen LogP contribution in [-0.4, -0.2) is 10.1 Å². The summed E-state index contributed by atoms with van der Waals surface area (Å²) in [7, 11) is 0. The van der Waals surface area contributed by atoms with Gasteiger partial charge in [-0.3, -0.25) is 4.98 Å². The van der Waals surface area contributed by atoms with Crippen molar-refractivity contribution < 1.29 is 5.11 Å². The van der Waals surface area contributed by atoms with Gasteiger partial charge in [0.05, 0.1) is 6.10 Å². The van der Waals surface area contributed by atoms with E-state index < -0.39 is 6.10 Å². The molecule has 1 heterocycles. The fourth-order valence-corrected chi connectivity index (χ4v) is 1.82. The van der Waals surface area contributed by atoms with Gasteiger partial charge >= 0.3 is 0 Å². The second-order valence-electron chi connectivity index (χ2n) is 4.40. The SMILES string of the molecule is CCc1ccc(CC(O)c2ccc(N)cc2)nc1. The third-order valence-corrected chi connectivity index (χ3v) is 3.02. The van der Waals surface area contributed by atoms with Gasteiger partial charge in [0.25, 0.3) is 0 Å². The Labute approximate surface area is 107 Å². The zero-order chi connectivity index (χ0) is 13.0. The second kappa shape index (κ2) is 5.65. The number of hydrogen-bond acceptors (Lipinski definition) is 3. The maximum absolute atomic E-state index is 10.1. The van der Waals surface area contributed by atoms with E-state index in [-0.39, 0.29) is 0 Å². The zero-order valence-electron chi connectivity index (χ0n) is 10.5. The number of pyridine rings is 1. The van der Waals surface area contributed by atoms with Gasteiger partial charge in [-0.05, 0) is 35.7 Å². The Kier molecular flexibility index (Phi) is 3.95. The van der Waals surface area contributed by atoms with Crippen molar-refractivity contribution in [2.75, 3.05) is 5.73 Å². The smallest absolute Gasteiger partial charge is 0.0845 e. The molecule has 1 atom stereocenters. The first-order chi connectivity index (χ1) is 8.69. The number of hydrogen-bond donors (Lipinski definition) is 2. The number of aromatic nitrogens is 1. The van der Waals surface area contributed by atoms with Crippen molar-refractivity contribution in [2.24, 2.45) is 0 Å². The molecule has 0 aliphatic carbocycles. The molecule has 18 heavy (non-hydrogen) atoms. The number of aliphatic hydroxyl groups excluding tert-OH is 1. The minimum Gasteiger partial charge on any atom is -0.399 e. The van der Waals surface area contributed by atoms with Crippen molar-refractivity contribution >= 4 is 5.69 Å². The summed E-state index contributed by atoms with van der Waals surface area (Å²) >= 11 is 0. The van der Waals surface area contributed by atoms with E-state index in [1.807, 2.05) is 24.4 Å². The summed E-state index contributed by atoms with van der Waals surface area (Å²) in [6.07, 6.45) is 2.83. The van der Waals surface area contributed by atoms with Crippen LogP contribution in [0, 0.1) is 0 Å². The maximum Gasteiger partial charge on any atom is 0.0845 e. The Morgan fingerprint density at radius 3 is 2.44 bits per heavy atom. The molecule has 2 aromatic rings. The highest BCUT2D eigenvalue weighted by Crippen LogP contribution is 2.18. The van der Waals surface area contributed by atoms with Crippen LogP contribution >= 0.6 is 0 Å². The molecule has 3 nitrogen and oxygen atoms in total. The van der Waals surface area contributed by atoms with Crippen LogP contribution in [0.15, 0.2) is 42.6 Å². The number of aliphatic hydroxyl groups is 1. The zero-order valence-corrected chi connectivity index (χ0v) is 10.5. The minimum atomic E-state index is -0.537. The Morgan fingerprint density at radius 2 is 1.89 bits per heavy atom. The number of anilines is 1. The summed E-state index contributed by atoms with van der Waals surface area (Å²) < 4.78 is 0. The van der Waals surface area contributed by atoms with Crippen LogP contribution in [0.5, 0.6) is 0 Å². The van der Waals surface area contributed by atoms with Gasteiger partial charge < -0.3 is 10.8 Å². The van der Waals surface area contributed by atoms with Crippen LogP contribution in [0.25, 0.3) is 0 Å². The largest absolute Gasteiger partial charge is 0.399 e. The molecule has 0 aliphatic rings. The number of aryl methyl sites for hydroxylation is 1. The van der Waals surface area contributed by atoms with Gasteiger partial charge in [0.2, 0.25) is 0 Å². The molecule has 0 amide bonds. The van der Waals surface area contributed by atoms with Crippen molar-refractivity contribution in [1.29, 1.82) is 0 Å². The minimum absolute atomic E-state index is 0.522. The number of nitrogens with two attached hydrogens (primary N) is 1. The predicted octanol–water partition coefficient (Wildman–Crippen LogP) is 2.50. The average Bonchev–Trinajstić information content (AvgIpc) is 2.40. The van der Waals surface area contributed by atoms with Crippen molar-refractivity contribution in [3.63, 3.8) is 0 Å². The van der Waals surface area contributed by atoms with E-state index in [1.165, 1.54) is 5.56 Å². The first kappa shape index (κ1) is 12.6. The molecular formula is C15H18N2O. The van der Waals surface area contributed by atoms with E-state index in [0.717, 1.165) is 17.7 Å². The maximum atomic E-state index is 10.1. The van der Waals surface area contributed by atoms with Crippen LogP contribution < -0.4 is 5.73 Å². The normalized spacial score (nSPS) is 12.3. The molecule has 0 saturated heterocycles. The number of nitrogens with zero attached hydrogens (tertiary/aromatic N) is 1. The molecule has 1 aromatic carbocycles. The topological polar surface area (TPSA) is 59.1 Å². The fourth-order valence-electron chi connectivity index (χ4n) is 1.82. The highest BCUT2D eigenvalue weighted by molar-refractivity contribution is 5.40. The Hall–Kier alpha value is -1.87. The van der Waals surface area contributed by atoms with Gasteiger partial charge in [-0.15, -0.1) is 0 Å². The molecule has 0 fully saturated rings. The van der Waals surface area contributed by atoms with Crippen molar-refractivity contribution in [2.45, 2.75) is 25.9 Å². The van der Waals surface area contributed by atoms with Crippen molar-refractivity contribution in [1.82, 2.24) is 4.98 Å². The molecule has 0 radical (unpaired) electrons. The van der Waals surface area contributed by atoms with E-state index in [0.29, 0.717) is 12.1 Å². The number of benzene rings is 1. The molecule has 0 aliphatic heterocycles. The third kappa shape index (κ3) is 3.08. The molecular weight excluding hydrogens is 224 g/mol. The number of rotatable bonds is 4. The van der Waals surface area contributed by atoms with Gasteiger partial charge in [0.15, 0.2) is 0 Å². The van der Waals surface area contributed by atoms with Gasteiger partial charge in [-0.25, -0.2) is 0 Å². The predicted molar refractivity (Wildman–Crippen MR) is 73.1 cm³/mol. The standard InChI is InChI=1S/C15H18N2O/c1-2-11-3-8-14(17-10-11)9-15(18)12-4-6-13(16)7-5-12/h3-8,10,15,18H,2,9,16H2,1H3. The summed E-state index contributed by atoms with van der Waals surface area (Å²) in [6, 6.07) is 11.3. The van der Waals surface area contributed by atoms with Crippen LogP contribution in [-0.2, 0) is 12.8 Å².